The van der Waals surface area contributed by atoms with E-state index in [9.17, 15) is 18.8 Å². The lowest BCUT2D eigenvalue weighted by molar-refractivity contribution is -0.134. The minimum absolute atomic E-state index is 0.0556. The van der Waals surface area contributed by atoms with Gasteiger partial charge in [-0.25, -0.2) is 14.4 Å². The minimum Gasteiger partial charge on any atom is -0.458 e. The molecule has 8 nitrogen and oxygen atoms in total. The first-order chi connectivity index (χ1) is 14.5. The largest absolute Gasteiger partial charge is 0.458 e. The molecule has 156 valence electrons. The Hall–Kier alpha value is -3.36. The Labute approximate surface area is 172 Å². The summed E-state index contributed by atoms with van der Waals surface area (Å²) in [7, 11) is 0. The summed E-state index contributed by atoms with van der Waals surface area (Å²) in [6.07, 6.45) is 3.96. The molecular formula is C21H21FN4O4. The number of halogens is 1. The van der Waals surface area contributed by atoms with Gasteiger partial charge >= 0.3 is 6.01 Å². The average Bonchev–Trinajstić information content (AvgIpc) is 3.00. The van der Waals surface area contributed by atoms with Gasteiger partial charge in [-0.2, -0.15) is 0 Å². The number of aromatic nitrogens is 2. The number of ether oxygens (including phenoxy) is 1. The molecule has 3 amide bonds. The van der Waals surface area contributed by atoms with Gasteiger partial charge in [0.25, 0.3) is 11.8 Å². The molecule has 3 heterocycles. The van der Waals surface area contributed by atoms with Crippen LogP contribution in [0.1, 0.15) is 46.4 Å². The third-order valence-electron chi connectivity index (χ3n) is 5.25. The maximum Gasteiger partial charge on any atom is 0.316 e. The number of rotatable bonds is 6. The van der Waals surface area contributed by atoms with E-state index in [1.165, 1.54) is 4.90 Å². The van der Waals surface area contributed by atoms with Crippen LogP contribution in [0.25, 0.3) is 0 Å². The zero-order chi connectivity index (χ0) is 21.1. The number of carbonyl (C=O) groups is 3. The molecule has 0 radical (unpaired) electrons. The molecule has 1 unspecified atom stereocenters. The number of carbonyl (C=O) groups excluding carboxylic acids is 3. The quantitative estimate of drug-likeness (QED) is 0.675. The van der Waals surface area contributed by atoms with Gasteiger partial charge in [0.2, 0.25) is 5.91 Å². The number of hydrogen-bond donors (Lipinski definition) is 0. The number of likely N-dealkylation sites (tertiary alicyclic amines) is 1. The Morgan fingerprint density at radius 3 is 2.47 bits per heavy atom. The average molecular weight is 412 g/mol. The Balaban J connectivity index is 1.26. The van der Waals surface area contributed by atoms with E-state index in [4.69, 9.17) is 4.74 Å². The lowest BCUT2D eigenvalue weighted by Gasteiger charge is -2.32. The topological polar surface area (TPSA) is 92.7 Å². The molecule has 0 bridgehead atoms. The molecule has 0 N–H and O–H groups in total. The van der Waals surface area contributed by atoms with Crippen molar-refractivity contribution in [2.24, 2.45) is 0 Å². The van der Waals surface area contributed by atoms with Crippen molar-refractivity contribution < 1.29 is 23.5 Å². The predicted molar refractivity (Wildman–Crippen MR) is 103 cm³/mol. The van der Waals surface area contributed by atoms with E-state index < -0.39 is 5.82 Å². The molecule has 1 saturated heterocycles. The monoisotopic (exact) mass is 412 g/mol. The second-order valence-electron chi connectivity index (χ2n) is 7.32. The lowest BCUT2D eigenvalue weighted by atomic mass is 10.1. The maximum absolute atomic E-state index is 12.9. The summed E-state index contributed by atoms with van der Waals surface area (Å²) in [5.41, 5.74) is 0.820. The highest BCUT2D eigenvalue weighted by Crippen LogP contribution is 2.23. The number of piperidine rings is 1. The molecule has 0 spiro atoms. The first-order valence-electron chi connectivity index (χ1n) is 9.90. The SMILES string of the molecule is O=C(CCCN1C(=O)c2ccccc2C1=O)N1CCCC(Oc2ncc(F)cn2)C1. The van der Waals surface area contributed by atoms with Crippen LogP contribution < -0.4 is 4.74 Å². The summed E-state index contributed by atoms with van der Waals surface area (Å²) < 4.78 is 18.6. The van der Waals surface area contributed by atoms with Crippen LogP contribution in [0.4, 0.5) is 4.39 Å². The molecule has 1 fully saturated rings. The fourth-order valence-corrected chi connectivity index (χ4v) is 3.76. The van der Waals surface area contributed by atoms with Crippen molar-refractivity contribution in [1.29, 1.82) is 0 Å². The molecule has 1 atom stereocenters. The highest BCUT2D eigenvalue weighted by atomic mass is 19.1. The highest BCUT2D eigenvalue weighted by molar-refractivity contribution is 6.21. The first-order valence-corrected chi connectivity index (χ1v) is 9.90. The molecule has 2 aromatic rings. The van der Waals surface area contributed by atoms with Crippen molar-refractivity contribution in [3.05, 3.63) is 53.6 Å². The highest BCUT2D eigenvalue weighted by Gasteiger charge is 2.34. The van der Waals surface area contributed by atoms with E-state index in [0.717, 1.165) is 25.2 Å². The van der Waals surface area contributed by atoms with Crippen LogP contribution in [0.15, 0.2) is 36.7 Å². The minimum atomic E-state index is -0.541. The fourth-order valence-electron chi connectivity index (χ4n) is 3.76. The number of benzene rings is 1. The Bertz CT molecular complexity index is 931. The number of nitrogens with zero attached hydrogens (tertiary/aromatic N) is 4. The van der Waals surface area contributed by atoms with Gasteiger partial charge in [0.15, 0.2) is 5.82 Å². The van der Waals surface area contributed by atoms with Crippen LogP contribution in [0.2, 0.25) is 0 Å². The zero-order valence-corrected chi connectivity index (χ0v) is 16.3. The molecule has 0 saturated carbocycles. The van der Waals surface area contributed by atoms with Gasteiger partial charge < -0.3 is 9.64 Å². The van der Waals surface area contributed by atoms with Gasteiger partial charge in [-0.05, 0) is 31.4 Å². The smallest absolute Gasteiger partial charge is 0.316 e. The molecule has 2 aliphatic rings. The summed E-state index contributed by atoms with van der Waals surface area (Å²) >= 11 is 0. The van der Waals surface area contributed by atoms with Crippen LogP contribution >= 0.6 is 0 Å². The van der Waals surface area contributed by atoms with Gasteiger partial charge in [0, 0.05) is 19.5 Å². The molecule has 1 aromatic heterocycles. The van der Waals surface area contributed by atoms with E-state index in [1.807, 2.05) is 0 Å². The van der Waals surface area contributed by atoms with Crippen molar-refractivity contribution in [3.8, 4) is 6.01 Å². The standard InChI is InChI=1S/C21H21FN4O4/c22-14-11-23-21(24-12-14)30-15-5-3-9-25(13-15)18(27)8-4-10-26-19(28)16-6-1-2-7-17(16)20(26)29/h1-2,6-7,11-12,15H,3-5,8-10,13H2. The van der Waals surface area contributed by atoms with Crippen LogP contribution in [-0.4, -0.2) is 63.2 Å². The number of amides is 3. The second-order valence-corrected chi connectivity index (χ2v) is 7.32. The zero-order valence-electron chi connectivity index (χ0n) is 16.3. The Kier molecular flexibility index (Phi) is 5.69. The van der Waals surface area contributed by atoms with Crippen molar-refractivity contribution in [1.82, 2.24) is 19.8 Å². The Morgan fingerprint density at radius 2 is 1.80 bits per heavy atom. The normalized spacial score (nSPS) is 18.5. The van der Waals surface area contributed by atoms with E-state index in [-0.39, 0.29) is 42.8 Å². The van der Waals surface area contributed by atoms with Gasteiger partial charge in [0.05, 0.1) is 30.1 Å². The number of imide groups is 1. The lowest BCUT2D eigenvalue weighted by Crippen LogP contribution is -2.44. The van der Waals surface area contributed by atoms with E-state index in [1.54, 1.807) is 29.2 Å². The first kappa shape index (κ1) is 19.9. The molecule has 9 heteroatoms. The second kappa shape index (κ2) is 8.56. The molecule has 2 aliphatic heterocycles. The fraction of sp³-hybridized carbons (Fsp3) is 0.381. The van der Waals surface area contributed by atoms with Gasteiger partial charge in [-0.15, -0.1) is 0 Å². The summed E-state index contributed by atoms with van der Waals surface area (Å²) in [6, 6.07) is 6.81. The molecule has 30 heavy (non-hydrogen) atoms. The van der Waals surface area contributed by atoms with E-state index in [2.05, 4.69) is 9.97 Å². The summed E-state index contributed by atoms with van der Waals surface area (Å²) in [5.74, 6) is -1.22. The van der Waals surface area contributed by atoms with Crippen molar-refractivity contribution in [2.45, 2.75) is 31.8 Å². The van der Waals surface area contributed by atoms with Gasteiger partial charge in [-0.1, -0.05) is 12.1 Å². The van der Waals surface area contributed by atoms with E-state index >= 15 is 0 Å². The van der Waals surface area contributed by atoms with Crippen LogP contribution in [-0.2, 0) is 4.79 Å². The maximum atomic E-state index is 12.9. The predicted octanol–water partition coefficient (Wildman–Crippen LogP) is 2.06. The molecular weight excluding hydrogens is 391 g/mol. The van der Waals surface area contributed by atoms with Crippen molar-refractivity contribution >= 4 is 17.7 Å². The Morgan fingerprint density at radius 1 is 1.13 bits per heavy atom. The number of hydrogen-bond acceptors (Lipinski definition) is 6. The molecule has 1 aromatic carbocycles. The number of fused-ring (bicyclic) bond motifs is 1. The third-order valence-corrected chi connectivity index (χ3v) is 5.25. The van der Waals surface area contributed by atoms with Gasteiger partial charge in [0.1, 0.15) is 6.10 Å². The summed E-state index contributed by atoms with van der Waals surface area (Å²) in [5, 5.41) is 0. The molecule has 4 rings (SSSR count). The molecule has 0 aliphatic carbocycles. The van der Waals surface area contributed by atoms with Crippen molar-refractivity contribution in [2.75, 3.05) is 19.6 Å². The van der Waals surface area contributed by atoms with E-state index in [0.29, 0.717) is 30.6 Å². The van der Waals surface area contributed by atoms with Crippen LogP contribution in [0.3, 0.4) is 0 Å². The summed E-state index contributed by atoms with van der Waals surface area (Å²) in [6.45, 7) is 1.22. The van der Waals surface area contributed by atoms with Crippen LogP contribution in [0.5, 0.6) is 6.01 Å². The van der Waals surface area contributed by atoms with Crippen molar-refractivity contribution in [3.63, 3.8) is 0 Å². The van der Waals surface area contributed by atoms with Crippen LogP contribution in [0, 0.1) is 5.82 Å². The van der Waals surface area contributed by atoms with Gasteiger partial charge in [-0.3, -0.25) is 19.3 Å². The summed E-state index contributed by atoms with van der Waals surface area (Å²) in [4.78, 5) is 47.8. The third kappa shape index (κ3) is 4.14.